The van der Waals surface area contributed by atoms with Gasteiger partial charge in [0.25, 0.3) is 5.91 Å². The van der Waals surface area contributed by atoms with Crippen LogP contribution in [-0.4, -0.2) is 61.2 Å². The second-order valence-electron chi connectivity index (χ2n) is 6.46. The lowest BCUT2D eigenvalue weighted by Gasteiger charge is -2.34. The van der Waals surface area contributed by atoms with Crippen molar-refractivity contribution in [3.05, 3.63) is 54.2 Å². The van der Waals surface area contributed by atoms with Crippen LogP contribution >= 0.6 is 0 Å². The molecule has 1 aliphatic rings. The van der Waals surface area contributed by atoms with E-state index in [1.807, 2.05) is 43.3 Å². The largest absolute Gasteiger partial charge is 0.450 e. The number of benzene rings is 1. The highest BCUT2D eigenvalue weighted by molar-refractivity contribution is 6.06. The molecule has 148 valence electrons. The Morgan fingerprint density at radius 2 is 1.79 bits per heavy atom. The van der Waals surface area contributed by atoms with Crippen molar-refractivity contribution in [3.8, 4) is 0 Å². The molecule has 3 rings (SSSR count). The van der Waals surface area contributed by atoms with E-state index in [0.717, 1.165) is 11.5 Å². The number of rotatable bonds is 5. The van der Waals surface area contributed by atoms with Crippen molar-refractivity contribution in [2.24, 2.45) is 0 Å². The van der Waals surface area contributed by atoms with E-state index < -0.39 is 0 Å². The third-order valence-corrected chi connectivity index (χ3v) is 4.75. The number of nitrogens with zero attached hydrogens (tertiary/aromatic N) is 4. The molecule has 2 amide bonds. The van der Waals surface area contributed by atoms with Crippen LogP contribution < -0.4 is 9.80 Å². The van der Waals surface area contributed by atoms with Crippen LogP contribution in [0.1, 0.15) is 24.2 Å². The van der Waals surface area contributed by atoms with E-state index in [-0.39, 0.29) is 12.0 Å². The fraction of sp³-hybridized carbons (Fsp3) is 0.381. The van der Waals surface area contributed by atoms with E-state index >= 15 is 0 Å². The number of ether oxygens (including phenoxy) is 1. The fourth-order valence-corrected chi connectivity index (χ4v) is 3.26. The quantitative estimate of drug-likeness (QED) is 0.795. The van der Waals surface area contributed by atoms with Crippen LogP contribution in [-0.2, 0) is 4.74 Å². The number of amides is 2. The maximum absolute atomic E-state index is 13.0. The van der Waals surface area contributed by atoms with Crippen LogP contribution in [0.5, 0.6) is 0 Å². The van der Waals surface area contributed by atoms with Crippen molar-refractivity contribution < 1.29 is 14.3 Å². The number of piperazine rings is 1. The summed E-state index contributed by atoms with van der Waals surface area (Å²) in [5.41, 5.74) is 1.47. The van der Waals surface area contributed by atoms with Crippen molar-refractivity contribution >= 4 is 23.5 Å². The Kier molecular flexibility index (Phi) is 6.47. The summed E-state index contributed by atoms with van der Waals surface area (Å²) in [5.74, 6) is 0.695. The van der Waals surface area contributed by atoms with E-state index in [0.29, 0.717) is 44.9 Å². The number of para-hydroxylation sites is 1. The van der Waals surface area contributed by atoms with E-state index in [9.17, 15) is 9.59 Å². The number of carbonyl (C=O) groups is 2. The molecule has 0 atom stereocenters. The maximum Gasteiger partial charge on any atom is 0.409 e. The Morgan fingerprint density at radius 3 is 2.43 bits per heavy atom. The number of anilines is 2. The van der Waals surface area contributed by atoms with Gasteiger partial charge in [-0.05, 0) is 38.1 Å². The molecule has 0 saturated carbocycles. The molecule has 0 aliphatic carbocycles. The highest BCUT2D eigenvalue weighted by atomic mass is 16.6. The SMILES string of the molecule is CCOC(=O)N1CCN(c2cc(C(=O)N(CC)c3ccccc3)ccn2)CC1. The number of hydrogen-bond acceptors (Lipinski definition) is 5. The summed E-state index contributed by atoms with van der Waals surface area (Å²) in [6, 6.07) is 13.2. The van der Waals surface area contributed by atoms with Gasteiger partial charge in [0, 0.05) is 50.2 Å². The lowest BCUT2D eigenvalue weighted by Crippen LogP contribution is -2.49. The Balaban J connectivity index is 1.70. The van der Waals surface area contributed by atoms with Gasteiger partial charge in [0.1, 0.15) is 5.82 Å². The van der Waals surface area contributed by atoms with Gasteiger partial charge < -0.3 is 19.4 Å². The first-order chi connectivity index (χ1) is 13.6. The van der Waals surface area contributed by atoms with Gasteiger partial charge in [0.15, 0.2) is 0 Å². The Bertz CT molecular complexity index is 804. The van der Waals surface area contributed by atoms with Crippen molar-refractivity contribution in [2.45, 2.75) is 13.8 Å². The molecular formula is C21H26N4O3. The normalized spacial score (nSPS) is 13.9. The Hall–Kier alpha value is -3.09. The summed E-state index contributed by atoms with van der Waals surface area (Å²) in [6.07, 6.45) is 1.39. The highest BCUT2D eigenvalue weighted by Crippen LogP contribution is 2.20. The molecule has 2 aromatic rings. The maximum atomic E-state index is 13.0. The van der Waals surface area contributed by atoms with Gasteiger partial charge >= 0.3 is 6.09 Å². The van der Waals surface area contributed by atoms with Gasteiger partial charge in [-0.3, -0.25) is 4.79 Å². The average molecular weight is 382 g/mol. The van der Waals surface area contributed by atoms with Crippen LogP contribution in [0.2, 0.25) is 0 Å². The fourth-order valence-electron chi connectivity index (χ4n) is 3.26. The zero-order valence-electron chi connectivity index (χ0n) is 16.4. The number of pyridine rings is 1. The molecule has 7 heteroatoms. The van der Waals surface area contributed by atoms with Gasteiger partial charge in [-0.2, -0.15) is 0 Å². The molecule has 0 spiro atoms. The predicted octanol–water partition coefficient (Wildman–Crippen LogP) is 3.03. The lowest BCUT2D eigenvalue weighted by molar-refractivity contribution is 0.0988. The average Bonchev–Trinajstić information content (AvgIpc) is 2.75. The molecule has 1 aliphatic heterocycles. The van der Waals surface area contributed by atoms with Crippen molar-refractivity contribution in [3.63, 3.8) is 0 Å². The van der Waals surface area contributed by atoms with Crippen LogP contribution in [0.3, 0.4) is 0 Å². The molecular weight excluding hydrogens is 356 g/mol. The molecule has 1 aromatic heterocycles. The third-order valence-electron chi connectivity index (χ3n) is 4.75. The van der Waals surface area contributed by atoms with Crippen molar-refractivity contribution in [1.29, 1.82) is 0 Å². The van der Waals surface area contributed by atoms with Gasteiger partial charge in [0.05, 0.1) is 6.61 Å². The number of hydrogen-bond donors (Lipinski definition) is 0. The minimum atomic E-state index is -0.277. The van der Waals surface area contributed by atoms with E-state index in [2.05, 4.69) is 9.88 Å². The first-order valence-electron chi connectivity index (χ1n) is 9.63. The second kappa shape index (κ2) is 9.21. The minimum absolute atomic E-state index is 0.0532. The molecule has 1 fully saturated rings. The molecule has 0 radical (unpaired) electrons. The van der Waals surface area contributed by atoms with Crippen LogP contribution in [0.15, 0.2) is 48.7 Å². The third kappa shape index (κ3) is 4.42. The monoisotopic (exact) mass is 382 g/mol. The first-order valence-corrected chi connectivity index (χ1v) is 9.63. The molecule has 7 nitrogen and oxygen atoms in total. The zero-order chi connectivity index (χ0) is 19.9. The van der Waals surface area contributed by atoms with Gasteiger partial charge in [0.2, 0.25) is 0 Å². The molecule has 2 heterocycles. The van der Waals surface area contributed by atoms with Crippen LogP contribution in [0.25, 0.3) is 0 Å². The van der Waals surface area contributed by atoms with E-state index in [1.165, 1.54) is 0 Å². The summed E-state index contributed by atoms with van der Waals surface area (Å²) in [4.78, 5) is 34.8. The topological polar surface area (TPSA) is 66.0 Å². The Labute approximate surface area is 165 Å². The van der Waals surface area contributed by atoms with Gasteiger partial charge in [-0.25, -0.2) is 9.78 Å². The van der Waals surface area contributed by atoms with E-state index in [4.69, 9.17) is 4.74 Å². The summed E-state index contributed by atoms with van der Waals surface area (Å²) in [5, 5.41) is 0. The summed E-state index contributed by atoms with van der Waals surface area (Å²) < 4.78 is 5.06. The van der Waals surface area contributed by atoms with Crippen molar-refractivity contribution in [1.82, 2.24) is 9.88 Å². The molecule has 1 aromatic carbocycles. The summed E-state index contributed by atoms with van der Waals surface area (Å²) in [7, 11) is 0. The second-order valence-corrected chi connectivity index (χ2v) is 6.46. The van der Waals surface area contributed by atoms with Gasteiger partial charge in [-0.15, -0.1) is 0 Å². The van der Waals surface area contributed by atoms with Gasteiger partial charge in [-0.1, -0.05) is 18.2 Å². The molecule has 0 bridgehead atoms. The standard InChI is InChI=1S/C21H26N4O3/c1-3-25(18-8-6-5-7-9-18)20(26)17-10-11-22-19(16-17)23-12-14-24(15-13-23)21(27)28-4-2/h5-11,16H,3-4,12-15H2,1-2H3. The Morgan fingerprint density at radius 1 is 1.07 bits per heavy atom. The first kappa shape index (κ1) is 19.7. The van der Waals surface area contributed by atoms with Crippen LogP contribution in [0, 0.1) is 0 Å². The van der Waals surface area contributed by atoms with Crippen molar-refractivity contribution in [2.75, 3.05) is 49.1 Å². The zero-order valence-corrected chi connectivity index (χ0v) is 16.4. The molecule has 28 heavy (non-hydrogen) atoms. The molecule has 0 N–H and O–H groups in total. The summed E-state index contributed by atoms with van der Waals surface area (Å²) >= 11 is 0. The number of aromatic nitrogens is 1. The summed E-state index contributed by atoms with van der Waals surface area (Å²) in [6.45, 7) is 7.17. The smallest absolute Gasteiger partial charge is 0.409 e. The predicted molar refractivity (Wildman–Crippen MR) is 109 cm³/mol. The minimum Gasteiger partial charge on any atom is -0.450 e. The number of carbonyl (C=O) groups excluding carboxylic acids is 2. The van der Waals surface area contributed by atoms with Crippen LogP contribution in [0.4, 0.5) is 16.3 Å². The molecule has 0 unspecified atom stereocenters. The van der Waals surface area contributed by atoms with E-state index in [1.54, 1.807) is 29.0 Å². The molecule has 1 saturated heterocycles. The lowest BCUT2D eigenvalue weighted by atomic mass is 10.2. The highest BCUT2D eigenvalue weighted by Gasteiger charge is 2.24.